The second-order valence-corrected chi connectivity index (χ2v) is 7.76. The smallest absolute Gasteiger partial charge is 0.224 e. The maximum Gasteiger partial charge on any atom is 0.224 e. The average Bonchev–Trinajstić information content (AvgIpc) is 3.16. The number of fused-ring (bicyclic) bond motifs is 1. The molecule has 0 radical (unpaired) electrons. The van der Waals surface area contributed by atoms with Gasteiger partial charge in [0.2, 0.25) is 11.8 Å². The number of pyridine rings is 1. The van der Waals surface area contributed by atoms with Crippen LogP contribution in [0.5, 0.6) is 11.6 Å². The molecule has 0 unspecified atom stereocenters. The van der Waals surface area contributed by atoms with Gasteiger partial charge in [0.05, 0.1) is 25.1 Å². The van der Waals surface area contributed by atoms with E-state index in [1.54, 1.807) is 7.11 Å². The molecular weight excluding hydrogens is 416 g/mol. The van der Waals surface area contributed by atoms with Gasteiger partial charge in [0, 0.05) is 23.1 Å². The number of rotatable bonds is 8. The van der Waals surface area contributed by atoms with Gasteiger partial charge in [0.15, 0.2) is 5.65 Å². The molecule has 4 aromatic rings. The summed E-state index contributed by atoms with van der Waals surface area (Å²) < 4.78 is 12.9. The molecule has 2 aromatic heterocycles. The lowest BCUT2D eigenvalue weighted by Crippen LogP contribution is -2.13. The van der Waals surface area contributed by atoms with E-state index in [2.05, 4.69) is 5.32 Å². The minimum absolute atomic E-state index is 0.0705. The van der Waals surface area contributed by atoms with E-state index in [4.69, 9.17) is 19.6 Å². The third-order valence-electron chi connectivity index (χ3n) is 5.59. The molecule has 33 heavy (non-hydrogen) atoms. The predicted octanol–water partition coefficient (Wildman–Crippen LogP) is 5.02. The van der Waals surface area contributed by atoms with Gasteiger partial charge in [0.1, 0.15) is 5.75 Å². The molecule has 2 aromatic carbocycles. The van der Waals surface area contributed by atoms with E-state index in [0.29, 0.717) is 25.3 Å². The first-order valence-corrected chi connectivity index (χ1v) is 11.0. The molecule has 0 bridgehead atoms. The second kappa shape index (κ2) is 9.73. The van der Waals surface area contributed by atoms with E-state index < -0.39 is 0 Å². The highest BCUT2D eigenvalue weighted by atomic mass is 16.5. The number of para-hydroxylation sites is 1. The lowest BCUT2D eigenvalue weighted by Gasteiger charge is -2.14. The van der Waals surface area contributed by atoms with Gasteiger partial charge in [0.25, 0.3) is 0 Å². The van der Waals surface area contributed by atoms with Gasteiger partial charge < -0.3 is 14.8 Å². The number of hydrogen-bond acceptors (Lipinski definition) is 5. The van der Waals surface area contributed by atoms with E-state index in [0.717, 1.165) is 45.0 Å². The maximum absolute atomic E-state index is 12.6. The summed E-state index contributed by atoms with van der Waals surface area (Å²) in [5, 5.41) is 8.67. The van der Waals surface area contributed by atoms with Gasteiger partial charge in [-0.25, -0.2) is 4.68 Å². The van der Waals surface area contributed by atoms with Crippen LogP contribution in [-0.2, 0) is 11.2 Å². The second-order valence-electron chi connectivity index (χ2n) is 7.76. The van der Waals surface area contributed by atoms with Gasteiger partial charge in [-0.3, -0.25) is 4.79 Å². The fraction of sp³-hybridized carbons (Fsp3) is 0.269. The van der Waals surface area contributed by atoms with Crippen LogP contribution in [0.3, 0.4) is 0 Å². The molecule has 0 saturated heterocycles. The molecule has 1 N–H and O–H groups in total. The van der Waals surface area contributed by atoms with Crippen LogP contribution in [0.2, 0.25) is 0 Å². The number of aryl methyl sites for hydroxylation is 2. The van der Waals surface area contributed by atoms with Gasteiger partial charge in [-0.15, -0.1) is 0 Å². The first kappa shape index (κ1) is 22.3. The van der Waals surface area contributed by atoms with Crippen molar-refractivity contribution in [3.8, 4) is 17.3 Å². The molecule has 2 heterocycles. The summed E-state index contributed by atoms with van der Waals surface area (Å²) in [6.07, 6.45) is 0.827. The van der Waals surface area contributed by atoms with Crippen molar-refractivity contribution >= 4 is 22.6 Å². The zero-order valence-electron chi connectivity index (χ0n) is 19.4. The van der Waals surface area contributed by atoms with Crippen LogP contribution in [-0.4, -0.2) is 34.4 Å². The Morgan fingerprint density at radius 1 is 1.06 bits per heavy atom. The summed E-state index contributed by atoms with van der Waals surface area (Å²) in [5.74, 6) is 1.23. The Hall–Kier alpha value is -3.87. The van der Waals surface area contributed by atoms with Gasteiger partial charge >= 0.3 is 0 Å². The number of amides is 1. The van der Waals surface area contributed by atoms with Crippen LogP contribution in [0.25, 0.3) is 16.7 Å². The van der Waals surface area contributed by atoms with E-state index >= 15 is 0 Å². The number of nitrogens with one attached hydrogen (secondary N) is 1. The molecule has 0 spiro atoms. The summed E-state index contributed by atoms with van der Waals surface area (Å²) >= 11 is 0. The molecule has 0 saturated carbocycles. The number of nitrogens with zero attached hydrogens (tertiary/aromatic N) is 3. The van der Waals surface area contributed by atoms with Crippen molar-refractivity contribution in [3.63, 3.8) is 0 Å². The predicted molar refractivity (Wildman–Crippen MR) is 129 cm³/mol. The van der Waals surface area contributed by atoms with Crippen LogP contribution in [0.4, 0.5) is 5.69 Å². The topological polar surface area (TPSA) is 78.3 Å². The standard InChI is InChI=1S/C26H28N4O3/c1-5-33-26-22(15-16-23(31)27-19-11-13-21(32-4)14-12-19)17(2)24-18(3)29-30(25(24)28-26)20-9-7-6-8-10-20/h6-14H,5,15-16H2,1-4H3,(H,27,31). The number of anilines is 1. The average molecular weight is 445 g/mol. The number of aromatic nitrogens is 3. The number of hydrogen-bond donors (Lipinski definition) is 1. The fourth-order valence-electron chi connectivity index (χ4n) is 3.97. The summed E-state index contributed by atoms with van der Waals surface area (Å²) in [6.45, 7) is 6.45. The van der Waals surface area contributed by atoms with Crippen LogP contribution in [0, 0.1) is 13.8 Å². The Labute approximate surface area is 193 Å². The Bertz CT molecular complexity index is 1260. The van der Waals surface area contributed by atoms with Crippen molar-refractivity contribution in [1.82, 2.24) is 14.8 Å². The van der Waals surface area contributed by atoms with Crippen molar-refractivity contribution in [2.75, 3.05) is 19.0 Å². The molecule has 0 aliphatic carbocycles. The molecule has 0 fully saturated rings. The summed E-state index contributed by atoms with van der Waals surface area (Å²) in [6, 6.07) is 17.2. The minimum Gasteiger partial charge on any atom is -0.497 e. The van der Waals surface area contributed by atoms with Crippen LogP contribution >= 0.6 is 0 Å². The molecule has 0 aliphatic heterocycles. The van der Waals surface area contributed by atoms with E-state index in [9.17, 15) is 4.79 Å². The minimum atomic E-state index is -0.0705. The molecule has 4 rings (SSSR count). The molecule has 7 heteroatoms. The summed E-state index contributed by atoms with van der Waals surface area (Å²) in [7, 11) is 1.61. The van der Waals surface area contributed by atoms with E-state index in [1.165, 1.54) is 0 Å². The molecular formula is C26H28N4O3. The van der Waals surface area contributed by atoms with Crippen molar-refractivity contribution in [2.45, 2.75) is 33.6 Å². The number of ether oxygens (including phenoxy) is 2. The Balaban J connectivity index is 1.62. The molecule has 7 nitrogen and oxygen atoms in total. The maximum atomic E-state index is 12.6. The Morgan fingerprint density at radius 2 is 1.79 bits per heavy atom. The Morgan fingerprint density at radius 3 is 2.45 bits per heavy atom. The lowest BCUT2D eigenvalue weighted by atomic mass is 10.0. The number of carbonyl (C=O) groups is 1. The zero-order chi connectivity index (χ0) is 23.4. The van der Waals surface area contributed by atoms with E-state index in [1.807, 2.05) is 80.1 Å². The zero-order valence-corrected chi connectivity index (χ0v) is 19.4. The fourth-order valence-corrected chi connectivity index (χ4v) is 3.97. The first-order chi connectivity index (χ1) is 16.0. The van der Waals surface area contributed by atoms with Crippen molar-refractivity contribution in [1.29, 1.82) is 0 Å². The molecule has 0 atom stereocenters. The highest BCUT2D eigenvalue weighted by molar-refractivity contribution is 5.91. The highest BCUT2D eigenvalue weighted by Crippen LogP contribution is 2.32. The van der Waals surface area contributed by atoms with Crippen molar-refractivity contribution in [3.05, 3.63) is 71.4 Å². The molecule has 1 amide bonds. The van der Waals surface area contributed by atoms with Gasteiger partial charge in [-0.1, -0.05) is 18.2 Å². The normalized spacial score (nSPS) is 10.9. The molecule has 0 aliphatic rings. The van der Waals surface area contributed by atoms with Crippen molar-refractivity contribution < 1.29 is 14.3 Å². The lowest BCUT2D eigenvalue weighted by molar-refractivity contribution is -0.116. The highest BCUT2D eigenvalue weighted by Gasteiger charge is 2.20. The SMILES string of the molecule is CCOc1nc2c(c(C)nn2-c2ccccc2)c(C)c1CCC(=O)Nc1ccc(OC)cc1. The quantitative estimate of drug-likeness (QED) is 0.413. The Kier molecular flexibility index (Phi) is 6.58. The summed E-state index contributed by atoms with van der Waals surface area (Å²) in [5.41, 5.74) is 5.30. The van der Waals surface area contributed by atoms with Gasteiger partial charge in [-0.05, 0) is 69.2 Å². The number of benzene rings is 2. The van der Waals surface area contributed by atoms with Crippen LogP contribution in [0.15, 0.2) is 54.6 Å². The largest absolute Gasteiger partial charge is 0.497 e. The number of carbonyl (C=O) groups excluding carboxylic acids is 1. The first-order valence-electron chi connectivity index (χ1n) is 11.0. The van der Waals surface area contributed by atoms with Crippen molar-refractivity contribution in [2.24, 2.45) is 0 Å². The third kappa shape index (κ3) is 4.67. The monoisotopic (exact) mass is 444 g/mol. The molecule has 170 valence electrons. The van der Waals surface area contributed by atoms with Crippen LogP contribution < -0.4 is 14.8 Å². The number of methoxy groups -OCH3 is 1. The van der Waals surface area contributed by atoms with E-state index in [-0.39, 0.29) is 5.91 Å². The third-order valence-corrected chi connectivity index (χ3v) is 5.59. The van der Waals surface area contributed by atoms with Gasteiger partial charge in [-0.2, -0.15) is 10.1 Å². The summed E-state index contributed by atoms with van der Waals surface area (Å²) in [4.78, 5) is 17.5. The van der Waals surface area contributed by atoms with Crippen LogP contribution in [0.1, 0.15) is 30.2 Å².